The van der Waals surface area contributed by atoms with E-state index in [1.807, 2.05) is 37.7 Å². The molecule has 1 amide bonds. The fourth-order valence-corrected chi connectivity index (χ4v) is 4.37. The molecule has 0 radical (unpaired) electrons. The van der Waals surface area contributed by atoms with Crippen LogP contribution in [0.5, 0.6) is 0 Å². The quantitative estimate of drug-likeness (QED) is 0.503. The van der Waals surface area contributed by atoms with Gasteiger partial charge < -0.3 is 10.2 Å². The highest BCUT2D eigenvalue weighted by Gasteiger charge is 2.16. The van der Waals surface area contributed by atoms with Gasteiger partial charge in [0.25, 0.3) is 11.5 Å². The SMILES string of the molecule is Cc1nc2ccccc2c(=O)n1-c1ccc(C(=O)NC[C@H](c2ccsc2)N(C)C)cc1. The van der Waals surface area contributed by atoms with Gasteiger partial charge in [-0.2, -0.15) is 11.3 Å². The second kappa shape index (κ2) is 8.83. The average molecular weight is 433 g/mol. The predicted octanol–water partition coefficient (Wildman–Crippen LogP) is 3.79. The number of aryl methyl sites for hydroxylation is 1. The number of amides is 1. The van der Waals surface area contributed by atoms with Gasteiger partial charge in [-0.05, 0) is 79.8 Å². The lowest BCUT2D eigenvalue weighted by Gasteiger charge is -2.24. The Balaban J connectivity index is 1.54. The van der Waals surface area contributed by atoms with Gasteiger partial charge >= 0.3 is 0 Å². The first kappa shape index (κ1) is 21.0. The third kappa shape index (κ3) is 4.28. The number of aromatic nitrogens is 2. The number of likely N-dealkylation sites (N-methyl/N-ethyl adjacent to an activating group) is 1. The average Bonchev–Trinajstić information content (AvgIpc) is 3.28. The number of carbonyl (C=O) groups is 1. The summed E-state index contributed by atoms with van der Waals surface area (Å²) in [6.45, 7) is 2.32. The van der Waals surface area contributed by atoms with E-state index in [2.05, 4.69) is 26.6 Å². The van der Waals surface area contributed by atoms with E-state index in [1.54, 1.807) is 53.2 Å². The summed E-state index contributed by atoms with van der Waals surface area (Å²) in [5.41, 5.74) is 2.97. The Kier molecular flexibility index (Phi) is 5.97. The number of nitrogens with zero attached hydrogens (tertiary/aromatic N) is 3. The predicted molar refractivity (Wildman–Crippen MR) is 125 cm³/mol. The highest BCUT2D eigenvalue weighted by atomic mass is 32.1. The van der Waals surface area contributed by atoms with Gasteiger partial charge in [0.2, 0.25) is 0 Å². The Bertz CT molecular complexity index is 1260. The minimum atomic E-state index is -0.144. The van der Waals surface area contributed by atoms with Crippen molar-refractivity contribution >= 4 is 28.1 Å². The topological polar surface area (TPSA) is 67.2 Å². The number of benzene rings is 2. The van der Waals surface area contributed by atoms with Crippen LogP contribution in [-0.2, 0) is 0 Å². The molecule has 4 aromatic rings. The Morgan fingerprint density at radius 1 is 1.13 bits per heavy atom. The van der Waals surface area contributed by atoms with Crippen LogP contribution in [0.25, 0.3) is 16.6 Å². The van der Waals surface area contributed by atoms with Crippen molar-refractivity contribution in [1.29, 1.82) is 0 Å². The van der Waals surface area contributed by atoms with Crippen LogP contribution >= 0.6 is 11.3 Å². The summed E-state index contributed by atoms with van der Waals surface area (Å²) < 4.78 is 1.57. The number of nitrogens with one attached hydrogen (secondary N) is 1. The number of rotatable bonds is 6. The first-order valence-electron chi connectivity index (χ1n) is 10.0. The number of para-hydroxylation sites is 1. The molecule has 2 aromatic carbocycles. The molecule has 7 heteroatoms. The molecule has 0 aliphatic heterocycles. The second-order valence-electron chi connectivity index (χ2n) is 7.61. The summed E-state index contributed by atoms with van der Waals surface area (Å²) in [5, 5.41) is 7.73. The molecule has 2 heterocycles. The van der Waals surface area contributed by atoms with E-state index in [1.165, 1.54) is 5.56 Å². The van der Waals surface area contributed by atoms with Gasteiger partial charge in [-0.15, -0.1) is 0 Å². The van der Waals surface area contributed by atoms with E-state index in [0.717, 1.165) is 0 Å². The van der Waals surface area contributed by atoms with Crippen LogP contribution in [0.2, 0.25) is 0 Å². The number of hydrogen-bond acceptors (Lipinski definition) is 5. The normalized spacial score (nSPS) is 12.3. The standard InChI is InChI=1S/C24H24N4O2S/c1-16-26-21-7-5-4-6-20(21)24(30)28(16)19-10-8-17(9-11-19)23(29)25-14-22(27(2)3)18-12-13-31-15-18/h4-13,15,22H,14H2,1-3H3,(H,25,29)/t22-/m1/s1. The lowest BCUT2D eigenvalue weighted by molar-refractivity contribution is 0.0942. The summed E-state index contributed by atoms with van der Waals surface area (Å²) >= 11 is 1.65. The van der Waals surface area contributed by atoms with E-state index in [0.29, 0.717) is 34.5 Å². The van der Waals surface area contributed by atoms with Crippen molar-refractivity contribution in [3.63, 3.8) is 0 Å². The van der Waals surface area contributed by atoms with E-state index in [9.17, 15) is 9.59 Å². The molecule has 0 spiro atoms. The number of fused-ring (bicyclic) bond motifs is 1. The van der Waals surface area contributed by atoms with Gasteiger partial charge in [-0.1, -0.05) is 12.1 Å². The monoisotopic (exact) mass is 432 g/mol. The Morgan fingerprint density at radius 3 is 2.55 bits per heavy atom. The number of hydrogen-bond donors (Lipinski definition) is 1. The van der Waals surface area contributed by atoms with Gasteiger partial charge in [0.15, 0.2) is 0 Å². The van der Waals surface area contributed by atoms with Crippen molar-refractivity contribution in [2.45, 2.75) is 13.0 Å². The molecular weight excluding hydrogens is 408 g/mol. The molecule has 4 rings (SSSR count). The van der Waals surface area contributed by atoms with Crippen LogP contribution in [0.1, 0.15) is 27.8 Å². The maximum atomic E-state index is 13.0. The third-order valence-electron chi connectivity index (χ3n) is 5.34. The van der Waals surface area contributed by atoms with Crippen molar-refractivity contribution in [1.82, 2.24) is 19.8 Å². The molecule has 0 bridgehead atoms. The smallest absolute Gasteiger partial charge is 0.265 e. The van der Waals surface area contributed by atoms with Crippen LogP contribution in [-0.4, -0.2) is 41.0 Å². The van der Waals surface area contributed by atoms with Crippen molar-refractivity contribution in [2.24, 2.45) is 0 Å². The largest absolute Gasteiger partial charge is 0.350 e. The van der Waals surface area contributed by atoms with Crippen molar-refractivity contribution < 1.29 is 4.79 Å². The van der Waals surface area contributed by atoms with Crippen molar-refractivity contribution in [3.8, 4) is 5.69 Å². The van der Waals surface area contributed by atoms with E-state index < -0.39 is 0 Å². The molecule has 0 saturated carbocycles. The molecule has 0 saturated heterocycles. The molecule has 6 nitrogen and oxygen atoms in total. The third-order valence-corrected chi connectivity index (χ3v) is 6.04. The fourth-order valence-electron chi connectivity index (χ4n) is 3.66. The first-order chi connectivity index (χ1) is 15.0. The van der Waals surface area contributed by atoms with Gasteiger partial charge in [-0.3, -0.25) is 14.2 Å². The van der Waals surface area contributed by atoms with Crippen LogP contribution in [0, 0.1) is 6.92 Å². The maximum absolute atomic E-state index is 13.0. The minimum absolute atomic E-state index is 0.111. The zero-order chi connectivity index (χ0) is 22.0. The van der Waals surface area contributed by atoms with Crippen LogP contribution in [0.3, 0.4) is 0 Å². The molecule has 2 aromatic heterocycles. The molecule has 1 N–H and O–H groups in total. The maximum Gasteiger partial charge on any atom is 0.265 e. The summed E-state index contributed by atoms with van der Waals surface area (Å²) in [7, 11) is 4.00. The minimum Gasteiger partial charge on any atom is -0.350 e. The summed E-state index contributed by atoms with van der Waals surface area (Å²) in [6, 6.07) is 16.5. The van der Waals surface area contributed by atoms with E-state index >= 15 is 0 Å². The van der Waals surface area contributed by atoms with Gasteiger partial charge in [0.05, 0.1) is 22.6 Å². The molecule has 31 heavy (non-hydrogen) atoms. The van der Waals surface area contributed by atoms with Gasteiger partial charge in [0.1, 0.15) is 5.82 Å². The Labute approximate surface area is 184 Å². The zero-order valence-electron chi connectivity index (χ0n) is 17.7. The lowest BCUT2D eigenvalue weighted by Crippen LogP contribution is -2.34. The zero-order valence-corrected chi connectivity index (χ0v) is 18.5. The number of carbonyl (C=O) groups excluding carboxylic acids is 1. The van der Waals surface area contributed by atoms with Crippen molar-refractivity contribution in [3.05, 3.63) is 92.7 Å². The number of thiophene rings is 1. The molecular formula is C24H24N4O2S. The van der Waals surface area contributed by atoms with Crippen LogP contribution in [0.15, 0.2) is 70.2 Å². The molecule has 0 unspecified atom stereocenters. The molecule has 0 fully saturated rings. The Hall–Kier alpha value is -3.29. The van der Waals surface area contributed by atoms with E-state index in [4.69, 9.17) is 0 Å². The summed E-state index contributed by atoms with van der Waals surface area (Å²) in [6.07, 6.45) is 0. The lowest BCUT2D eigenvalue weighted by atomic mass is 10.1. The highest BCUT2D eigenvalue weighted by molar-refractivity contribution is 7.08. The molecule has 0 aliphatic carbocycles. The molecule has 158 valence electrons. The molecule has 0 aliphatic rings. The van der Waals surface area contributed by atoms with Gasteiger partial charge in [-0.25, -0.2) is 4.98 Å². The Morgan fingerprint density at radius 2 is 1.87 bits per heavy atom. The fraction of sp³-hybridized carbons (Fsp3) is 0.208. The second-order valence-corrected chi connectivity index (χ2v) is 8.39. The van der Waals surface area contributed by atoms with Crippen molar-refractivity contribution in [2.75, 3.05) is 20.6 Å². The summed E-state index contributed by atoms with van der Waals surface area (Å²) in [4.78, 5) is 32.3. The van der Waals surface area contributed by atoms with Crippen LogP contribution in [0.4, 0.5) is 0 Å². The van der Waals surface area contributed by atoms with Gasteiger partial charge in [0, 0.05) is 12.1 Å². The van der Waals surface area contributed by atoms with E-state index in [-0.39, 0.29) is 17.5 Å². The highest BCUT2D eigenvalue weighted by Crippen LogP contribution is 2.20. The van der Waals surface area contributed by atoms with Crippen LogP contribution < -0.4 is 10.9 Å². The first-order valence-corrected chi connectivity index (χ1v) is 11.0. The molecule has 1 atom stereocenters. The summed E-state index contributed by atoms with van der Waals surface area (Å²) in [5.74, 6) is 0.458.